The zero-order valence-corrected chi connectivity index (χ0v) is 10.6. The monoisotopic (exact) mass is 357 g/mol. The van der Waals surface area contributed by atoms with Crippen LogP contribution in [0.5, 0.6) is 5.75 Å². The fourth-order valence-electron chi connectivity index (χ4n) is 1.14. The average Bonchev–Trinajstić information content (AvgIpc) is 2.14. The largest absolute Gasteiger partial charge is 0.427 e. The van der Waals surface area contributed by atoms with Gasteiger partial charge in [-0.25, -0.2) is 0 Å². The lowest BCUT2D eigenvalue weighted by atomic mass is 10.1. The summed E-state index contributed by atoms with van der Waals surface area (Å²) in [5, 5.41) is 10.7. The molecule has 0 atom stereocenters. The molecule has 17 heavy (non-hydrogen) atoms. The van der Waals surface area contributed by atoms with Crippen molar-refractivity contribution in [3.8, 4) is 5.75 Å². The van der Waals surface area contributed by atoms with Gasteiger partial charge in [-0.3, -0.25) is 14.9 Å². The summed E-state index contributed by atoms with van der Waals surface area (Å²) < 4.78 is 28.3. The van der Waals surface area contributed by atoms with Crippen molar-refractivity contribution in [2.24, 2.45) is 0 Å². The van der Waals surface area contributed by atoms with Gasteiger partial charge >= 0.3 is 12.3 Å². The molecular formula is C9H6F2INO4. The van der Waals surface area contributed by atoms with E-state index in [4.69, 9.17) is 0 Å². The second-order valence-electron chi connectivity index (χ2n) is 3.00. The van der Waals surface area contributed by atoms with Crippen molar-refractivity contribution < 1.29 is 23.2 Å². The summed E-state index contributed by atoms with van der Waals surface area (Å²) in [6.07, 6.45) is 0. The normalized spacial score (nSPS) is 10.4. The van der Waals surface area contributed by atoms with E-state index in [-0.39, 0.29) is 9.13 Å². The van der Waals surface area contributed by atoms with Gasteiger partial charge in [0, 0.05) is 5.56 Å². The molecule has 0 saturated carbocycles. The number of carbonyl (C=O) groups is 1. The number of halogens is 3. The van der Waals surface area contributed by atoms with Crippen molar-refractivity contribution >= 4 is 34.1 Å². The summed E-state index contributed by atoms with van der Waals surface area (Å²) in [6.45, 7) is -1.96. The molecule has 0 aromatic heterocycles. The number of nitrogens with zero attached hydrogens (tertiary/aromatic N) is 1. The molecule has 0 heterocycles. The number of Topliss-reactive ketones (excluding diaryl/α,β-unsaturated/α-hetero) is 1. The molecule has 1 rings (SSSR count). The maximum Gasteiger partial charge on any atom is 0.387 e. The van der Waals surface area contributed by atoms with Crippen molar-refractivity contribution in [2.45, 2.75) is 13.5 Å². The van der Waals surface area contributed by atoms with Crippen molar-refractivity contribution in [3.63, 3.8) is 0 Å². The number of hydrogen-bond acceptors (Lipinski definition) is 4. The fraction of sp³-hybridized carbons (Fsp3) is 0.222. The van der Waals surface area contributed by atoms with Gasteiger partial charge in [-0.15, -0.1) is 0 Å². The van der Waals surface area contributed by atoms with Gasteiger partial charge in [0.15, 0.2) is 5.78 Å². The minimum atomic E-state index is -3.19. The van der Waals surface area contributed by atoms with Gasteiger partial charge in [0.2, 0.25) is 5.75 Å². The van der Waals surface area contributed by atoms with Gasteiger partial charge < -0.3 is 4.74 Å². The van der Waals surface area contributed by atoms with Crippen LogP contribution in [0.15, 0.2) is 12.1 Å². The van der Waals surface area contributed by atoms with Crippen LogP contribution in [0, 0.1) is 13.7 Å². The van der Waals surface area contributed by atoms with Gasteiger partial charge in [0.05, 0.1) is 8.49 Å². The van der Waals surface area contributed by atoms with E-state index >= 15 is 0 Å². The van der Waals surface area contributed by atoms with Gasteiger partial charge in [0.1, 0.15) is 0 Å². The van der Waals surface area contributed by atoms with E-state index in [1.165, 1.54) is 13.0 Å². The molecule has 5 nitrogen and oxygen atoms in total. The van der Waals surface area contributed by atoms with Gasteiger partial charge in [-0.05, 0) is 41.6 Å². The molecule has 1 aromatic carbocycles. The summed E-state index contributed by atoms with van der Waals surface area (Å²) in [5.41, 5.74) is -0.494. The minimum Gasteiger partial charge on any atom is -0.427 e. The molecule has 0 spiro atoms. The fourth-order valence-corrected chi connectivity index (χ4v) is 1.94. The third-order valence-electron chi connectivity index (χ3n) is 1.83. The first-order valence-corrected chi connectivity index (χ1v) is 5.34. The Kier molecular flexibility index (Phi) is 4.32. The predicted molar refractivity (Wildman–Crippen MR) is 62.4 cm³/mol. The summed E-state index contributed by atoms with van der Waals surface area (Å²) in [4.78, 5) is 21.0. The molecule has 0 amide bonds. The zero-order valence-electron chi connectivity index (χ0n) is 8.45. The smallest absolute Gasteiger partial charge is 0.387 e. The summed E-state index contributed by atoms with van der Waals surface area (Å²) >= 11 is 1.59. The lowest BCUT2D eigenvalue weighted by Crippen LogP contribution is -2.07. The molecule has 92 valence electrons. The SMILES string of the molecule is CC(=O)c1cc(I)c([N+](=O)[O-])c(OC(F)F)c1. The number of benzene rings is 1. The van der Waals surface area contributed by atoms with Crippen LogP contribution in [0.1, 0.15) is 17.3 Å². The molecular weight excluding hydrogens is 351 g/mol. The first-order valence-electron chi connectivity index (χ1n) is 4.26. The van der Waals surface area contributed by atoms with E-state index in [2.05, 4.69) is 4.74 Å². The van der Waals surface area contributed by atoms with Gasteiger partial charge in [-0.2, -0.15) is 8.78 Å². The maximum atomic E-state index is 12.1. The number of ether oxygens (including phenoxy) is 1. The molecule has 1 aromatic rings. The maximum absolute atomic E-state index is 12.1. The molecule has 0 bridgehead atoms. The number of ketones is 1. The second-order valence-corrected chi connectivity index (χ2v) is 4.16. The Morgan fingerprint density at radius 1 is 1.53 bits per heavy atom. The van der Waals surface area contributed by atoms with Crippen LogP contribution in [-0.2, 0) is 0 Å². The molecule has 0 fully saturated rings. The van der Waals surface area contributed by atoms with Gasteiger partial charge in [-0.1, -0.05) is 0 Å². The quantitative estimate of drug-likeness (QED) is 0.360. The van der Waals surface area contributed by atoms with Crippen molar-refractivity contribution in [1.82, 2.24) is 0 Å². The Balaban J connectivity index is 3.39. The van der Waals surface area contributed by atoms with E-state index in [1.54, 1.807) is 22.6 Å². The Bertz CT molecular complexity index is 478. The average molecular weight is 357 g/mol. The summed E-state index contributed by atoms with van der Waals surface area (Å²) in [6, 6.07) is 2.19. The first kappa shape index (κ1) is 13.7. The van der Waals surface area contributed by atoms with Crippen LogP contribution in [0.2, 0.25) is 0 Å². The predicted octanol–water partition coefficient (Wildman–Crippen LogP) is 3.00. The second kappa shape index (κ2) is 5.34. The Labute approximate surface area is 108 Å². The highest BCUT2D eigenvalue weighted by Crippen LogP contribution is 2.34. The lowest BCUT2D eigenvalue weighted by Gasteiger charge is -2.08. The number of nitro groups is 1. The molecule has 0 aliphatic heterocycles. The van der Waals surface area contributed by atoms with Crippen LogP contribution in [0.25, 0.3) is 0 Å². The van der Waals surface area contributed by atoms with Gasteiger partial charge in [0.25, 0.3) is 0 Å². The van der Waals surface area contributed by atoms with E-state index in [9.17, 15) is 23.7 Å². The molecule has 0 unspecified atom stereocenters. The van der Waals surface area contributed by atoms with E-state index < -0.39 is 28.8 Å². The highest BCUT2D eigenvalue weighted by atomic mass is 127. The van der Waals surface area contributed by atoms with Crippen LogP contribution < -0.4 is 4.74 Å². The van der Waals surface area contributed by atoms with E-state index in [0.29, 0.717) is 0 Å². The number of alkyl halides is 2. The van der Waals surface area contributed by atoms with Crippen molar-refractivity contribution in [2.75, 3.05) is 0 Å². The van der Waals surface area contributed by atoms with Crippen LogP contribution >= 0.6 is 22.6 Å². The minimum absolute atomic E-state index is 0.0657. The Morgan fingerprint density at radius 2 is 2.12 bits per heavy atom. The van der Waals surface area contributed by atoms with Crippen molar-refractivity contribution in [3.05, 3.63) is 31.4 Å². The molecule has 0 aliphatic rings. The summed E-state index contributed by atoms with van der Waals surface area (Å²) in [7, 11) is 0. The molecule has 8 heteroatoms. The van der Waals surface area contributed by atoms with E-state index in [0.717, 1.165) is 6.07 Å². The Morgan fingerprint density at radius 3 is 2.53 bits per heavy atom. The summed E-state index contributed by atoms with van der Waals surface area (Å²) in [5.74, 6) is -1.00. The highest BCUT2D eigenvalue weighted by Gasteiger charge is 2.24. The number of nitro benzene ring substituents is 1. The van der Waals surface area contributed by atoms with Crippen LogP contribution in [0.4, 0.5) is 14.5 Å². The molecule has 0 radical (unpaired) electrons. The third-order valence-corrected chi connectivity index (χ3v) is 2.66. The standard InChI is InChI=1S/C9H6F2INO4/c1-4(14)5-2-6(12)8(13(15)16)7(3-5)17-9(10)11/h2-3,9H,1H3. The van der Waals surface area contributed by atoms with Crippen LogP contribution in [-0.4, -0.2) is 17.3 Å². The highest BCUT2D eigenvalue weighted by molar-refractivity contribution is 14.1. The molecule has 0 N–H and O–H groups in total. The molecule has 0 aliphatic carbocycles. The Hall–Kier alpha value is -1.32. The number of hydrogen-bond donors (Lipinski definition) is 0. The van der Waals surface area contributed by atoms with E-state index in [1.807, 2.05) is 0 Å². The van der Waals surface area contributed by atoms with Crippen molar-refractivity contribution in [1.29, 1.82) is 0 Å². The first-order chi connectivity index (χ1) is 7.82. The number of carbonyl (C=O) groups excluding carboxylic acids is 1. The third kappa shape index (κ3) is 3.32. The lowest BCUT2D eigenvalue weighted by molar-refractivity contribution is -0.387. The topological polar surface area (TPSA) is 69.4 Å². The molecule has 0 saturated heterocycles. The van der Waals surface area contributed by atoms with Crippen LogP contribution in [0.3, 0.4) is 0 Å². The zero-order chi connectivity index (χ0) is 13.2. The number of rotatable bonds is 4.